The Hall–Kier alpha value is -0.610. The first-order valence-corrected chi connectivity index (χ1v) is 6.01. The summed E-state index contributed by atoms with van der Waals surface area (Å²) < 4.78 is 5.19. The molecule has 92 valence electrons. The van der Waals surface area contributed by atoms with Gasteiger partial charge in [0.1, 0.15) is 0 Å². The van der Waals surface area contributed by atoms with Crippen LogP contribution in [0.4, 0.5) is 0 Å². The first-order valence-electron chi connectivity index (χ1n) is 6.01. The lowest BCUT2D eigenvalue weighted by Gasteiger charge is -2.32. The fourth-order valence-corrected chi connectivity index (χ4v) is 2.22. The maximum atomic E-state index is 11.8. The lowest BCUT2D eigenvalue weighted by Crippen LogP contribution is -2.47. The fourth-order valence-electron chi connectivity index (χ4n) is 2.22. The molecule has 0 aromatic rings. The van der Waals surface area contributed by atoms with Crippen molar-refractivity contribution in [3.05, 3.63) is 0 Å². The molecule has 4 heteroatoms. The zero-order valence-corrected chi connectivity index (χ0v) is 10.1. The number of hydrogen-bond donors (Lipinski definition) is 2. The zero-order chi connectivity index (χ0) is 11.8. The molecule has 0 aromatic heterocycles. The maximum absolute atomic E-state index is 11.8. The summed E-state index contributed by atoms with van der Waals surface area (Å²) in [5.41, 5.74) is -0.602. The smallest absolute Gasteiger partial charge is 0.223 e. The van der Waals surface area contributed by atoms with Crippen molar-refractivity contribution in [3.8, 4) is 0 Å². The van der Waals surface area contributed by atoms with Crippen LogP contribution >= 0.6 is 0 Å². The molecule has 1 aliphatic heterocycles. The Morgan fingerprint density at radius 2 is 2.00 bits per heavy atom. The van der Waals surface area contributed by atoms with Crippen molar-refractivity contribution in [2.75, 3.05) is 19.8 Å². The Morgan fingerprint density at radius 1 is 1.44 bits per heavy atom. The van der Waals surface area contributed by atoms with E-state index in [-0.39, 0.29) is 17.2 Å². The quantitative estimate of drug-likeness (QED) is 0.746. The van der Waals surface area contributed by atoms with E-state index in [1.807, 2.05) is 0 Å². The predicted molar refractivity (Wildman–Crippen MR) is 59.9 cm³/mol. The van der Waals surface area contributed by atoms with Gasteiger partial charge in [-0.15, -0.1) is 0 Å². The highest BCUT2D eigenvalue weighted by atomic mass is 16.5. The first-order chi connectivity index (χ1) is 7.43. The van der Waals surface area contributed by atoms with Gasteiger partial charge in [-0.1, -0.05) is 13.8 Å². The minimum absolute atomic E-state index is 0.0879. The summed E-state index contributed by atoms with van der Waals surface area (Å²) in [7, 11) is 0. The number of aliphatic hydroxyl groups is 1. The van der Waals surface area contributed by atoms with E-state index in [0.717, 1.165) is 6.42 Å². The molecule has 2 fully saturated rings. The van der Waals surface area contributed by atoms with Crippen LogP contribution in [0.2, 0.25) is 0 Å². The Bertz CT molecular complexity index is 282. The second-order valence-electron chi connectivity index (χ2n) is 5.80. The normalized spacial score (nSPS) is 30.8. The molecular formula is C12H21NO3. The number of carbonyl (C=O) groups is 1. The molecule has 1 saturated heterocycles. The number of amides is 1. The van der Waals surface area contributed by atoms with Crippen molar-refractivity contribution in [2.45, 2.75) is 38.7 Å². The highest BCUT2D eigenvalue weighted by molar-refractivity contribution is 5.82. The molecule has 0 aromatic carbocycles. The lowest BCUT2D eigenvalue weighted by molar-refractivity contribution is -0.125. The average molecular weight is 227 g/mol. The van der Waals surface area contributed by atoms with E-state index in [0.29, 0.717) is 32.6 Å². The molecule has 0 radical (unpaired) electrons. The molecule has 0 spiro atoms. The minimum Gasteiger partial charge on any atom is -0.388 e. The average Bonchev–Trinajstić information content (AvgIpc) is 2.86. The van der Waals surface area contributed by atoms with Crippen LogP contribution in [0, 0.1) is 11.3 Å². The van der Waals surface area contributed by atoms with Crippen LogP contribution in [0.5, 0.6) is 0 Å². The third-order valence-electron chi connectivity index (χ3n) is 3.85. The second-order valence-corrected chi connectivity index (χ2v) is 5.80. The van der Waals surface area contributed by atoms with Crippen molar-refractivity contribution in [2.24, 2.45) is 11.3 Å². The molecule has 2 aliphatic rings. The summed E-state index contributed by atoms with van der Waals surface area (Å²) in [5.74, 6) is 0.223. The highest BCUT2D eigenvalue weighted by Crippen LogP contribution is 2.51. The van der Waals surface area contributed by atoms with E-state index in [9.17, 15) is 9.90 Å². The van der Waals surface area contributed by atoms with Gasteiger partial charge in [-0.2, -0.15) is 0 Å². The summed E-state index contributed by atoms with van der Waals surface area (Å²) in [6, 6.07) is 0. The summed E-state index contributed by atoms with van der Waals surface area (Å²) in [6.07, 6.45) is 2.18. The lowest BCUT2D eigenvalue weighted by atomic mass is 9.94. The zero-order valence-electron chi connectivity index (χ0n) is 10.1. The van der Waals surface area contributed by atoms with Crippen molar-refractivity contribution in [1.82, 2.24) is 5.32 Å². The Balaban J connectivity index is 1.76. The predicted octanol–water partition coefficient (Wildman–Crippen LogP) is 0.690. The van der Waals surface area contributed by atoms with Crippen LogP contribution in [0.15, 0.2) is 0 Å². The number of hydrogen-bond acceptors (Lipinski definition) is 3. The van der Waals surface area contributed by atoms with Gasteiger partial charge in [0.2, 0.25) is 5.91 Å². The number of carbonyl (C=O) groups excluding carboxylic acids is 1. The SMILES string of the molecule is CC1(C)C[C@@H]1C(=O)NCC1(O)CCOCC1. The fraction of sp³-hybridized carbons (Fsp3) is 0.917. The topological polar surface area (TPSA) is 58.6 Å². The second kappa shape index (κ2) is 4.00. The van der Waals surface area contributed by atoms with E-state index in [2.05, 4.69) is 19.2 Å². The van der Waals surface area contributed by atoms with Crippen LogP contribution in [-0.4, -0.2) is 36.4 Å². The van der Waals surface area contributed by atoms with Crippen molar-refractivity contribution >= 4 is 5.91 Å². The molecule has 4 nitrogen and oxygen atoms in total. The van der Waals surface area contributed by atoms with E-state index in [1.54, 1.807) is 0 Å². The largest absolute Gasteiger partial charge is 0.388 e. The molecule has 1 aliphatic carbocycles. The summed E-state index contributed by atoms with van der Waals surface area (Å²) in [6.45, 7) is 5.73. The van der Waals surface area contributed by atoms with Crippen LogP contribution in [0.1, 0.15) is 33.1 Å². The van der Waals surface area contributed by atoms with Gasteiger partial charge in [-0.3, -0.25) is 4.79 Å². The van der Waals surface area contributed by atoms with Gasteiger partial charge in [-0.05, 0) is 11.8 Å². The van der Waals surface area contributed by atoms with E-state index in [1.165, 1.54) is 0 Å². The maximum Gasteiger partial charge on any atom is 0.223 e. The Kier molecular flexibility index (Phi) is 2.97. The molecule has 2 rings (SSSR count). The summed E-state index contributed by atoms with van der Waals surface area (Å²) >= 11 is 0. The number of nitrogens with one attached hydrogen (secondary N) is 1. The number of ether oxygens (including phenoxy) is 1. The third-order valence-corrected chi connectivity index (χ3v) is 3.85. The monoisotopic (exact) mass is 227 g/mol. The molecule has 0 unspecified atom stereocenters. The summed E-state index contributed by atoms with van der Waals surface area (Å²) in [5, 5.41) is 13.0. The molecular weight excluding hydrogens is 206 g/mol. The molecule has 2 N–H and O–H groups in total. The molecule has 1 saturated carbocycles. The van der Waals surface area contributed by atoms with Crippen LogP contribution in [-0.2, 0) is 9.53 Å². The van der Waals surface area contributed by atoms with Gasteiger partial charge in [0, 0.05) is 38.5 Å². The summed E-state index contributed by atoms with van der Waals surface area (Å²) in [4.78, 5) is 11.8. The molecule has 1 heterocycles. The van der Waals surface area contributed by atoms with Crippen molar-refractivity contribution < 1.29 is 14.6 Å². The van der Waals surface area contributed by atoms with Crippen LogP contribution < -0.4 is 5.32 Å². The van der Waals surface area contributed by atoms with E-state index < -0.39 is 5.60 Å². The molecule has 1 amide bonds. The van der Waals surface area contributed by atoms with Gasteiger partial charge in [0.05, 0.1) is 5.60 Å². The van der Waals surface area contributed by atoms with E-state index in [4.69, 9.17) is 4.74 Å². The highest BCUT2D eigenvalue weighted by Gasteiger charge is 2.50. The molecule has 1 atom stereocenters. The first kappa shape index (κ1) is 11.9. The van der Waals surface area contributed by atoms with Gasteiger partial charge in [-0.25, -0.2) is 0 Å². The Labute approximate surface area is 96.4 Å². The number of rotatable bonds is 3. The minimum atomic E-state index is -0.757. The van der Waals surface area contributed by atoms with Crippen LogP contribution in [0.3, 0.4) is 0 Å². The van der Waals surface area contributed by atoms with Crippen LogP contribution in [0.25, 0.3) is 0 Å². The van der Waals surface area contributed by atoms with Crippen molar-refractivity contribution in [1.29, 1.82) is 0 Å². The molecule has 0 bridgehead atoms. The Morgan fingerprint density at radius 3 is 2.50 bits per heavy atom. The standard InChI is InChI=1S/C12H21NO3/c1-11(2)7-9(11)10(14)13-8-12(15)3-5-16-6-4-12/h9,15H,3-8H2,1-2H3,(H,13,14)/t9-/m1/s1. The third kappa shape index (κ3) is 2.55. The van der Waals surface area contributed by atoms with Gasteiger partial charge >= 0.3 is 0 Å². The van der Waals surface area contributed by atoms with Gasteiger partial charge < -0.3 is 15.2 Å². The molecule has 16 heavy (non-hydrogen) atoms. The van der Waals surface area contributed by atoms with Gasteiger partial charge in [0.25, 0.3) is 0 Å². The van der Waals surface area contributed by atoms with Gasteiger partial charge in [0.15, 0.2) is 0 Å². The van der Waals surface area contributed by atoms with Crippen molar-refractivity contribution in [3.63, 3.8) is 0 Å². The van der Waals surface area contributed by atoms with E-state index >= 15 is 0 Å².